The third kappa shape index (κ3) is 3.31. The van der Waals surface area contributed by atoms with E-state index in [1.165, 1.54) is 18.2 Å². The van der Waals surface area contributed by atoms with Gasteiger partial charge in [-0.15, -0.1) is 0 Å². The van der Waals surface area contributed by atoms with E-state index in [9.17, 15) is 9.59 Å². The van der Waals surface area contributed by atoms with E-state index in [4.69, 9.17) is 5.11 Å². The summed E-state index contributed by atoms with van der Waals surface area (Å²) in [4.78, 5) is 24.6. The van der Waals surface area contributed by atoms with Crippen LogP contribution in [0, 0.1) is 5.92 Å². The van der Waals surface area contributed by atoms with E-state index in [0.717, 1.165) is 0 Å². The molecule has 0 atom stereocenters. The largest absolute Gasteiger partial charge is 0.395 e. The fourth-order valence-corrected chi connectivity index (χ4v) is 1.62. The SMILES string of the molecule is CC(C)CN(CCO)C1=CC(=O)C=CC1=O. The van der Waals surface area contributed by atoms with Gasteiger partial charge >= 0.3 is 0 Å². The minimum absolute atomic E-state index is 0.0325. The van der Waals surface area contributed by atoms with Crippen molar-refractivity contribution in [3.05, 3.63) is 23.9 Å². The molecule has 0 spiro atoms. The van der Waals surface area contributed by atoms with Gasteiger partial charge in [-0.25, -0.2) is 0 Å². The van der Waals surface area contributed by atoms with Gasteiger partial charge in [0.1, 0.15) is 0 Å². The first-order valence-electron chi connectivity index (χ1n) is 5.38. The molecule has 0 aromatic rings. The number of allylic oxidation sites excluding steroid dienone is 3. The van der Waals surface area contributed by atoms with Gasteiger partial charge in [0.05, 0.1) is 12.3 Å². The first-order chi connectivity index (χ1) is 7.54. The second-order valence-corrected chi connectivity index (χ2v) is 4.19. The van der Waals surface area contributed by atoms with Crippen LogP contribution in [0.5, 0.6) is 0 Å². The highest BCUT2D eigenvalue weighted by Crippen LogP contribution is 2.13. The van der Waals surface area contributed by atoms with Crippen LogP contribution in [0.3, 0.4) is 0 Å². The van der Waals surface area contributed by atoms with E-state index >= 15 is 0 Å². The Bertz CT molecular complexity index is 342. The molecule has 1 aliphatic rings. The molecule has 0 amide bonds. The molecule has 0 radical (unpaired) electrons. The first kappa shape index (κ1) is 12.6. The van der Waals surface area contributed by atoms with Crippen LogP contribution < -0.4 is 0 Å². The molecule has 1 rings (SSSR count). The lowest BCUT2D eigenvalue weighted by molar-refractivity contribution is -0.115. The van der Waals surface area contributed by atoms with Crippen molar-refractivity contribution >= 4 is 11.6 Å². The normalized spacial score (nSPS) is 15.6. The van der Waals surface area contributed by atoms with Crippen molar-refractivity contribution in [2.45, 2.75) is 13.8 Å². The number of nitrogens with zero attached hydrogens (tertiary/aromatic N) is 1. The summed E-state index contributed by atoms with van der Waals surface area (Å²) in [6.45, 7) is 5.04. The summed E-state index contributed by atoms with van der Waals surface area (Å²) in [5.41, 5.74) is 0.384. The van der Waals surface area contributed by atoms with Crippen molar-refractivity contribution in [3.8, 4) is 0 Å². The summed E-state index contributed by atoms with van der Waals surface area (Å²) in [5, 5.41) is 8.95. The minimum atomic E-state index is -0.179. The van der Waals surface area contributed by atoms with Gasteiger partial charge in [0.25, 0.3) is 0 Å². The topological polar surface area (TPSA) is 57.6 Å². The third-order valence-corrected chi connectivity index (χ3v) is 2.23. The van der Waals surface area contributed by atoms with Crippen LogP contribution in [-0.2, 0) is 9.59 Å². The van der Waals surface area contributed by atoms with Crippen LogP contribution in [0.15, 0.2) is 23.9 Å². The average Bonchev–Trinajstić information content (AvgIpc) is 2.20. The second-order valence-electron chi connectivity index (χ2n) is 4.19. The molecule has 1 aliphatic carbocycles. The quantitative estimate of drug-likeness (QED) is 0.691. The molecule has 0 heterocycles. The van der Waals surface area contributed by atoms with Crippen LogP contribution in [0.1, 0.15) is 13.8 Å². The molecule has 0 bridgehead atoms. The van der Waals surface area contributed by atoms with Gasteiger partial charge in [0, 0.05) is 19.2 Å². The van der Waals surface area contributed by atoms with Crippen LogP contribution in [0.4, 0.5) is 0 Å². The molecule has 1 N–H and O–H groups in total. The standard InChI is InChI=1S/C12H17NO3/c1-9(2)8-13(5-6-14)11-7-10(15)3-4-12(11)16/h3-4,7,9,14H,5-6,8H2,1-2H3. The molecule has 0 unspecified atom stereocenters. The zero-order valence-corrected chi connectivity index (χ0v) is 9.64. The van der Waals surface area contributed by atoms with Crippen molar-refractivity contribution in [1.82, 2.24) is 4.90 Å². The zero-order chi connectivity index (χ0) is 12.1. The molecule has 0 fully saturated rings. The Morgan fingerprint density at radius 3 is 2.56 bits per heavy atom. The van der Waals surface area contributed by atoms with Gasteiger partial charge in [-0.1, -0.05) is 13.8 Å². The van der Waals surface area contributed by atoms with Crippen LogP contribution in [0.2, 0.25) is 0 Å². The summed E-state index contributed by atoms with van der Waals surface area (Å²) in [6.07, 6.45) is 3.88. The maximum absolute atomic E-state index is 11.6. The fourth-order valence-electron chi connectivity index (χ4n) is 1.62. The Morgan fingerprint density at radius 2 is 2.00 bits per heavy atom. The van der Waals surface area contributed by atoms with Crippen molar-refractivity contribution in [2.24, 2.45) is 5.92 Å². The number of carbonyl (C=O) groups is 2. The van der Waals surface area contributed by atoms with Crippen molar-refractivity contribution < 1.29 is 14.7 Å². The number of ketones is 2. The van der Waals surface area contributed by atoms with Crippen molar-refractivity contribution in [2.75, 3.05) is 19.7 Å². The highest BCUT2D eigenvalue weighted by molar-refractivity contribution is 6.16. The van der Waals surface area contributed by atoms with Crippen LogP contribution >= 0.6 is 0 Å². The lowest BCUT2D eigenvalue weighted by atomic mass is 10.1. The Balaban J connectivity index is 2.84. The molecule has 0 aliphatic heterocycles. The van der Waals surface area contributed by atoms with E-state index < -0.39 is 0 Å². The second kappa shape index (κ2) is 5.61. The number of hydrogen-bond donors (Lipinski definition) is 1. The Morgan fingerprint density at radius 1 is 1.31 bits per heavy atom. The molecule has 0 saturated heterocycles. The predicted octanol–water partition coefficient (Wildman–Crippen LogP) is 0.529. The Labute approximate surface area is 95.2 Å². The Hall–Kier alpha value is -1.42. The van der Waals surface area contributed by atoms with Gasteiger partial charge in [-0.2, -0.15) is 0 Å². The molecular weight excluding hydrogens is 206 g/mol. The number of rotatable bonds is 5. The van der Waals surface area contributed by atoms with Gasteiger partial charge in [0.2, 0.25) is 5.78 Å². The molecule has 16 heavy (non-hydrogen) atoms. The van der Waals surface area contributed by atoms with E-state index in [0.29, 0.717) is 24.7 Å². The molecule has 0 aromatic carbocycles. The zero-order valence-electron chi connectivity index (χ0n) is 9.64. The highest BCUT2D eigenvalue weighted by atomic mass is 16.3. The molecule has 88 valence electrons. The predicted molar refractivity (Wildman–Crippen MR) is 60.7 cm³/mol. The average molecular weight is 223 g/mol. The number of carbonyl (C=O) groups excluding carboxylic acids is 2. The van der Waals surface area contributed by atoms with Crippen LogP contribution in [-0.4, -0.2) is 41.3 Å². The molecular formula is C12H17NO3. The van der Waals surface area contributed by atoms with Gasteiger partial charge in [0.15, 0.2) is 5.78 Å². The number of aliphatic hydroxyl groups excluding tert-OH is 1. The Kier molecular flexibility index (Phi) is 4.43. The fraction of sp³-hybridized carbons (Fsp3) is 0.500. The van der Waals surface area contributed by atoms with E-state index in [1.807, 2.05) is 13.8 Å². The molecule has 0 aromatic heterocycles. The first-order valence-corrected chi connectivity index (χ1v) is 5.38. The van der Waals surface area contributed by atoms with Crippen molar-refractivity contribution in [1.29, 1.82) is 0 Å². The van der Waals surface area contributed by atoms with Gasteiger partial charge in [-0.3, -0.25) is 9.59 Å². The van der Waals surface area contributed by atoms with E-state index in [-0.39, 0.29) is 18.2 Å². The number of hydrogen-bond acceptors (Lipinski definition) is 4. The summed E-state index contributed by atoms with van der Waals surface area (Å²) < 4.78 is 0. The summed E-state index contributed by atoms with van der Waals surface area (Å²) in [6, 6.07) is 0. The summed E-state index contributed by atoms with van der Waals surface area (Å²) >= 11 is 0. The lowest BCUT2D eigenvalue weighted by Gasteiger charge is -2.27. The van der Waals surface area contributed by atoms with Gasteiger partial charge in [-0.05, 0) is 18.1 Å². The maximum atomic E-state index is 11.6. The smallest absolute Gasteiger partial charge is 0.202 e. The monoisotopic (exact) mass is 223 g/mol. The third-order valence-electron chi connectivity index (χ3n) is 2.23. The number of aliphatic hydroxyl groups is 1. The molecule has 0 saturated carbocycles. The highest BCUT2D eigenvalue weighted by Gasteiger charge is 2.20. The summed E-state index contributed by atoms with van der Waals surface area (Å²) in [5.74, 6) is 0.0104. The van der Waals surface area contributed by atoms with E-state index in [1.54, 1.807) is 4.90 Å². The summed E-state index contributed by atoms with van der Waals surface area (Å²) in [7, 11) is 0. The van der Waals surface area contributed by atoms with E-state index in [2.05, 4.69) is 0 Å². The van der Waals surface area contributed by atoms with Gasteiger partial charge < -0.3 is 10.0 Å². The lowest BCUT2D eigenvalue weighted by Crippen LogP contribution is -2.34. The molecule has 4 nitrogen and oxygen atoms in total. The van der Waals surface area contributed by atoms with Crippen molar-refractivity contribution in [3.63, 3.8) is 0 Å². The van der Waals surface area contributed by atoms with Crippen LogP contribution in [0.25, 0.3) is 0 Å². The molecule has 4 heteroatoms. The maximum Gasteiger partial charge on any atom is 0.202 e. The minimum Gasteiger partial charge on any atom is -0.395 e.